The van der Waals surface area contributed by atoms with Crippen molar-refractivity contribution in [1.29, 1.82) is 0 Å². The molecule has 92 valence electrons. The molecule has 1 heterocycles. The Labute approximate surface area is 103 Å². The zero-order chi connectivity index (χ0) is 12.1. The van der Waals surface area contributed by atoms with E-state index in [4.69, 9.17) is 5.73 Å². The Bertz CT molecular complexity index is 309. The molecule has 1 aromatic heterocycles. The van der Waals surface area contributed by atoms with E-state index in [1.165, 1.54) is 16.2 Å². The molecule has 16 heavy (non-hydrogen) atoms. The molecule has 2 N–H and O–H groups in total. The van der Waals surface area contributed by atoms with E-state index >= 15 is 0 Å². The molecule has 0 amide bonds. The first kappa shape index (κ1) is 13.7. The van der Waals surface area contributed by atoms with Crippen LogP contribution in [0.5, 0.6) is 0 Å². The number of nitrogens with zero attached hydrogens (tertiary/aromatic N) is 1. The predicted octanol–water partition coefficient (Wildman–Crippen LogP) is 3.18. The molecular weight excluding hydrogens is 216 g/mol. The molecule has 2 atom stereocenters. The maximum Gasteiger partial charge on any atom is 0.0566 e. The fourth-order valence-electron chi connectivity index (χ4n) is 2.12. The summed E-state index contributed by atoms with van der Waals surface area (Å²) in [7, 11) is 0. The van der Waals surface area contributed by atoms with Crippen molar-refractivity contribution >= 4 is 11.3 Å². The highest BCUT2D eigenvalue weighted by molar-refractivity contribution is 7.12. The van der Waals surface area contributed by atoms with Crippen LogP contribution in [-0.2, 0) is 0 Å². The van der Waals surface area contributed by atoms with Crippen LogP contribution in [0.4, 0.5) is 0 Å². The molecule has 1 aromatic rings. The van der Waals surface area contributed by atoms with E-state index in [0.717, 1.165) is 6.54 Å². The molecule has 0 fully saturated rings. The van der Waals surface area contributed by atoms with Crippen LogP contribution in [0, 0.1) is 6.92 Å². The molecular formula is C13H24N2S. The summed E-state index contributed by atoms with van der Waals surface area (Å²) in [6.45, 7) is 10.7. The summed E-state index contributed by atoms with van der Waals surface area (Å²) in [5, 5.41) is 0. The standard InChI is InChI=1S/C13H24N2S/c1-5-10(3)15(6-2)12(9-14)13-8-7-11(4)16-13/h7-8,10,12H,5-6,9,14H2,1-4H3. The first-order valence-electron chi connectivity index (χ1n) is 6.16. The van der Waals surface area contributed by atoms with E-state index in [-0.39, 0.29) is 0 Å². The highest BCUT2D eigenvalue weighted by Crippen LogP contribution is 2.28. The lowest BCUT2D eigenvalue weighted by molar-refractivity contribution is 0.154. The third-order valence-electron chi connectivity index (χ3n) is 3.24. The van der Waals surface area contributed by atoms with Gasteiger partial charge in [-0.15, -0.1) is 11.3 Å². The van der Waals surface area contributed by atoms with Crippen molar-refractivity contribution in [3.05, 3.63) is 21.9 Å². The Kier molecular flexibility index (Phi) is 5.46. The van der Waals surface area contributed by atoms with Gasteiger partial charge in [0, 0.05) is 22.3 Å². The second-order valence-corrected chi connectivity index (χ2v) is 5.61. The van der Waals surface area contributed by atoms with Gasteiger partial charge in [0.25, 0.3) is 0 Å². The number of nitrogens with two attached hydrogens (primary N) is 1. The Balaban J connectivity index is 2.87. The Hall–Kier alpha value is -0.380. The van der Waals surface area contributed by atoms with E-state index in [1.54, 1.807) is 0 Å². The summed E-state index contributed by atoms with van der Waals surface area (Å²) < 4.78 is 0. The van der Waals surface area contributed by atoms with Crippen LogP contribution in [0.3, 0.4) is 0 Å². The number of hydrogen-bond acceptors (Lipinski definition) is 3. The first-order valence-corrected chi connectivity index (χ1v) is 6.97. The van der Waals surface area contributed by atoms with Crippen molar-refractivity contribution in [2.24, 2.45) is 5.73 Å². The summed E-state index contributed by atoms with van der Waals surface area (Å²) >= 11 is 1.87. The summed E-state index contributed by atoms with van der Waals surface area (Å²) in [4.78, 5) is 5.28. The fourth-order valence-corrected chi connectivity index (χ4v) is 3.13. The van der Waals surface area contributed by atoms with Gasteiger partial charge in [0.05, 0.1) is 6.04 Å². The predicted molar refractivity (Wildman–Crippen MR) is 73.0 cm³/mol. The summed E-state index contributed by atoms with van der Waals surface area (Å²) in [5.41, 5.74) is 5.95. The van der Waals surface area contributed by atoms with Crippen LogP contribution in [0.2, 0.25) is 0 Å². The molecule has 2 nitrogen and oxygen atoms in total. The van der Waals surface area contributed by atoms with Gasteiger partial charge in [-0.1, -0.05) is 13.8 Å². The SMILES string of the molecule is CCC(C)N(CC)C(CN)c1ccc(C)s1. The number of hydrogen-bond donors (Lipinski definition) is 1. The number of rotatable bonds is 6. The van der Waals surface area contributed by atoms with Gasteiger partial charge < -0.3 is 5.73 Å². The molecule has 0 saturated heterocycles. The smallest absolute Gasteiger partial charge is 0.0566 e. The lowest BCUT2D eigenvalue weighted by Crippen LogP contribution is -2.39. The minimum absolute atomic E-state index is 0.388. The van der Waals surface area contributed by atoms with Gasteiger partial charge in [0.15, 0.2) is 0 Å². The number of thiophene rings is 1. The number of aryl methyl sites for hydroxylation is 1. The minimum atomic E-state index is 0.388. The third kappa shape index (κ3) is 3.06. The van der Waals surface area contributed by atoms with Crippen LogP contribution in [-0.4, -0.2) is 24.0 Å². The molecule has 0 bridgehead atoms. The van der Waals surface area contributed by atoms with E-state index in [1.807, 2.05) is 11.3 Å². The Morgan fingerprint density at radius 1 is 1.38 bits per heavy atom. The molecule has 0 saturated carbocycles. The summed E-state index contributed by atoms with van der Waals surface area (Å²) in [6.07, 6.45) is 1.18. The van der Waals surface area contributed by atoms with Crippen LogP contribution in [0.25, 0.3) is 0 Å². The summed E-state index contributed by atoms with van der Waals surface area (Å²) in [6, 6.07) is 5.40. The van der Waals surface area contributed by atoms with Crippen molar-refractivity contribution in [3.63, 3.8) is 0 Å². The quantitative estimate of drug-likeness (QED) is 0.827. The molecule has 0 aromatic carbocycles. The highest BCUT2D eigenvalue weighted by atomic mass is 32.1. The zero-order valence-corrected chi connectivity index (χ0v) is 11.7. The van der Waals surface area contributed by atoms with Gasteiger partial charge in [-0.3, -0.25) is 4.90 Å². The fraction of sp³-hybridized carbons (Fsp3) is 0.692. The van der Waals surface area contributed by atoms with E-state index in [2.05, 4.69) is 44.7 Å². The Morgan fingerprint density at radius 2 is 2.06 bits per heavy atom. The minimum Gasteiger partial charge on any atom is -0.329 e. The largest absolute Gasteiger partial charge is 0.329 e. The second kappa shape index (κ2) is 6.38. The monoisotopic (exact) mass is 240 g/mol. The van der Waals surface area contributed by atoms with Crippen LogP contribution in [0.1, 0.15) is 43.0 Å². The average molecular weight is 240 g/mol. The van der Waals surface area contributed by atoms with Gasteiger partial charge >= 0.3 is 0 Å². The lowest BCUT2D eigenvalue weighted by atomic mass is 10.1. The van der Waals surface area contributed by atoms with Crippen LogP contribution >= 0.6 is 11.3 Å². The molecule has 0 radical (unpaired) electrons. The van der Waals surface area contributed by atoms with Crippen molar-refractivity contribution in [1.82, 2.24) is 4.90 Å². The Morgan fingerprint density at radius 3 is 2.44 bits per heavy atom. The molecule has 1 rings (SSSR count). The average Bonchev–Trinajstić information content (AvgIpc) is 2.71. The molecule has 0 aliphatic carbocycles. The molecule has 0 aliphatic heterocycles. The van der Waals surface area contributed by atoms with Crippen molar-refractivity contribution in [3.8, 4) is 0 Å². The third-order valence-corrected chi connectivity index (χ3v) is 4.34. The maximum absolute atomic E-state index is 5.95. The van der Waals surface area contributed by atoms with Crippen molar-refractivity contribution < 1.29 is 0 Å². The van der Waals surface area contributed by atoms with Gasteiger partial charge in [-0.05, 0) is 38.9 Å². The molecule has 2 unspecified atom stereocenters. The van der Waals surface area contributed by atoms with Gasteiger partial charge in [-0.25, -0.2) is 0 Å². The van der Waals surface area contributed by atoms with Crippen molar-refractivity contribution in [2.45, 2.75) is 46.2 Å². The van der Waals surface area contributed by atoms with E-state index < -0.39 is 0 Å². The van der Waals surface area contributed by atoms with Gasteiger partial charge in [0.1, 0.15) is 0 Å². The maximum atomic E-state index is 5.95. The van der Waals surface area contributed by atoms with E-state index in [0.29, 0.717) is 18.6 Å². The lowest BCUT2D eigenvalue weighted by Gasteiger charge is -2.34. The second-order valence-electron chi connectivity index (χ2n) is 4.29. The van der Waals surface area contributed by atoms with Crippen molar-refractivity contribution in [2.75, 3.05) is 13.1 Å². The van der Waals surface area contributed by atoms with Gasteiger partial charge in [0.2, 0.25) is 0 Å². The zero-order valence-electron chi connectivity index (χ0n) is 10.9. The van der Waals surface area contributed by atoms with Crippen LogP contribution in [0.15, 0.2) is 12.1 Å². The molecule has 0 aliphatic rings. The highest BCUT2D eigenvalue weighted by Gasteiger charge is 2.22. The molecule has 3 heteroatoms. The van der Waals surface area contributed by atoms with Gasteiger partial charge in [-0.2, -0.15) is 0 Å². The topological polar surface area (TPSA) is 29.3 Å². The molecule has 0 spiro atoms. The first-order chi connectivity index (χ1) is 7.63. The normalized spacial score (nSPS) is 15.4. The summed E-state index contributed by atoms with van der Waals surface area (Å²) in [5.74, 6) is 0. The number of likely N-dealkylation sites (N-methyl/N-ethyl adjacent to an activating group) is 1. The van der Waals surface area contributed by atoms with E-state index in [9.17, 15) is 0 Å². The van der Waals surface area contributed by atoms with Crippen LogP contribution < -0.4 is 5.73 Å².